The zero-order valence-electron chi connectivity index (χ0n) is 18.4. The molecule has 0 amide bonds. The average Bonchev–Trinajstić information content (AvgIpc) is 3.35. The zero-order chi connectivity index (χ0) is 25.2. The summed E-state index contributed by atoms with van der Waals surface area (Å²) in [5, 5.41) is 9.32. The Bertz CT molecular complexity index is 1460. The van der Waals surface area contributed by atoms with Gasteiger partial charge < -0.3 is 9.66 Å². The number of carboxylic acid groups (broad SMARTS) is 1. The molecule has 0 aliphatic heterocycles. The molecule has 35 heavy (non-hydrogen) atoms. The van der Waals surface area contributed by atoms with Crippen molar-refractivity contribution < 1.29 is 27.1 Å². The SMILES string of the molecule is CC(c1ccc(C(=O)O)cc1)c1ccc(N(c2ccc(S(=O)(=O)c3ccccc3)s2)S(=O)[O-])cc1. The van der Waals surface area contributed by atoms with Crippen LogP contribution in [-0.2, 0) is 21.1 Å². The van der Waals surface area contributed by atoms with E-state index >= 15 is 0 Å². The number of hydrogen-bond acceptors (Lipinski definition) is 6. The molecular formula is C25H20NO6S3-. The topological polar surface area (TPSA) is 115 Å². The van der Waals surface area contributed by atoms with Gasteiger partial charge in [0.15, 0.2) is 0 Å². The number of aromatic carboxylic acids is 1. The first-order chi connectivity index (χ1) is 16.7. The summed E-state index contributed by atoms with van der Waals surface area (Å²) in [6, 6.07) is 24.3. The molecule has 0 fully saturated rings. The van der Waals surface area contributed by atoms with E-state index in [9.17, 15) is 22.0 Å². The van der Waals surface area contributed by atoms with Gasteiger partial charge in [0.25, 0.3) is 0 Å². The van der Waals surface area contributed by atoms with E-state index in [4.69, 9.17) is 5.11 Å². The molecule has 4 rings (SSSR count). The summed E-state index contributed by atoms with van der Waals surface area (Å²) >= 11 is -1.81. The van der Waals surface area contributed by atoms with Crippen LogP contribution in [0.3, 0.4) is 0 Å². The Hall–Kier alpha value is -3.31. The number of nitrogens with zero attached hydrogens (tertiary/aromatic N) is 1. The minimum absolute atomic E-state index is 0.0456. The molecule has 1 aromatic heterocycles. The Kier molecular flexibility index (Phi) is 7.18. The smallest absolute Gasteiger partial charge is 0.335 e. The van der Waals surface area contributed by atoms with E-state index in [0.29, 0.717) is 5.69 Å². The van der Waals surface area contributed by atoms with Crippen LogP contribution in [0.15, 0.2) is 100 Å². The van der Waals surface area contributed by atoms with Gasteiger partial charge in [0, 0.05) is 5.92 Å². The third-order valence-electron chi connectivity index (χ3n) is 5.52. The number of carboxylic acids is 1. The molecule has 4 aromatic rings. The van der Waals surface area contributed by atoms with Crippen molar-refractivity contribution in [2.45, 2.75) is 21.9 Å². The average molecular weight is 527 g/mol. The molecular weight excluding hydrogens is 506 g/mol. The maximum Gasteiger partial charge on any atom is 0.335 e. The first-order valence-corrected chi connectivity index (χ1v) is 13.7. The molecule has 0 bridgehead atoms. The summed E-state index contributed by atoms with van der Waals surface area (Å²) in [6.45, 7) is 1.97. The lowest BCUT2D eigenvalue weighted by atomic mass is 9.92. The fraction of sp³-hybridized carbons (Fsp3) is 0.0800. The van der Waals surface area contributed by atoms with E-state index in [1.807, 2.05) is 6.92 Å². The molecule has 1 heterocycles. The Labute approximate surface area is 209 Å². The molecule has 0 saturated heterocycles. The van der Waals surface area contributed by atoms with Crippen molar-refractivity contribution in [2.24, 2.45) is 0 Å². The number of benzene rings is 3. The van der Waals surface area contributed by atoms with Gasteiger partial charge in [-0.3, -0.25) is 8.51 Å². The Morgan fingerprint density at radius 3 is 2.03 bits per heavy atom. The summed E-state index contributed by atoms with van der Waals surface area (Å²) in [6.07, 6.45) is 0. The standard InChI is InChI=1S/C25H21NO6S3/c1-17(18-7-9-20(10-8-18)25(27)28)19-11-13-21(14-12-19)26(34(29)30)23-15-16-24(33-23)35(31,32)22-5-3-2-4-6-22/h2-17H,1H3,(H,27,28)(H,29,30)/p-1. The highest BCUT2D eigenvalue weighted by molar-refractivity contribution is 7.93. The normalized spacial score (nSPS) is 13.2. The lowest BCUT2D eigenvalue weighted by Crippen LogP contribution is -2.18. The lowest BCUT2D eigenvalue weighted by Gasteiger charge is -2.25. The van der Waals surface area contributed by atoms with Gasteiger partial charge in [-0.2, -0.15) is 0 Å². The van der Waals surface area contributed by atoms with E-state index < -0.39 is 27.1 Å². The molecule has 180 valence electrons. The fourth-order valence-electron chi connectivity index (χ4n) is 3.57. The van der Waals surface area contributed by atoms with Crippen molar-refractivity contribution in [3.05, 3.63) is 108 Å². The van der Waals surface area contributed by atoms with Crippen molar-refractivity contribution in [3.63, 3.8) is 0 Å². The highest BCUT2D eigenvalue weighted by Crippen LogP contribution is 2.37. The van der Waals surface area contributed by atoms with Crippen molar-refractivity contribution >= 4 is 49.1 Å². The van der Waals surface area contributed by atoms with Gasteiger partial charge in [-0.15, -0.1) is 11.3 Å². The predicted octanol–water partition coefficient (Wildman–Crippen LogP) is 5.36. The van der Waals surface area contributed by atoms with E-state index in [-0.39, 0.29) is 25.6 Å². The summed E-state index contributed by atoms with van der Waals surface area (Å²) in [5.74, 6) is -1.05. The molecule has 0 aliphatic carbocycles. The molecule has 10 heteroatoms. The maximum absolute atomic E-state index is 12.9. The van der Waals surface area contributed by atoms with Gasteiger partial charge in [-0.05, 0) is 59.7 Å². The molecule has 0 aliphatic rings. The van der Waals surface area contributed by atoms with Crippen LogP contribution in [0.25, 0.3) is 0 Å². The molecule has 3 aromatic carbocycles. The van der Waals surface area contributed by atoms with Gasteiger partial charge in [-0.25, -0.2) is 13.2 Å². The predicted molar refractivity (Wildman–Crippen MR) is 135 cm³/mol. The fourth-order valence-corrected chi connectivity index (χ4v) is 7.01. The number of rotatable bonds is 8. The van der Waals surface area contributed by atoms with Gasteiger partial charge in [-0.1, -0.05) is 49.4 Å². The first kappa shape index (κ1) is 24.8. The molecule has 0 spiro atoms. The van der Waals surface area contributed by atoms with Gasteiger partial charge in [0.05, 0.1) is 27.4 Å². The van der Waals surface area contributed by atoms with Crippen LogP contribution in [0.5, 0.6) is 0 Å². The molecule has 0 saturated carbocycles. The van der Waals surface area contributed by atoms with E-state index in [1.165, 1.54) is 24.3 Å². The summed E-state index contributed by atoms with van der Waals surface area (Å²) in [4.78, 5) is 11.2. The van der Waals surface area contributed by atoms with E-state index in [1.54, 1.807) is 66.7 Å². The van der Waals surface area contributed by atoms with Crippen LogP contribution < -0.4 is 4.31 Å². The van der Waals surface area contributed by atoms with Crippen molar-refractivity contribution in [1.29, 1.82) is 0 Å². The summed E-state index contributed by atoms with van der Waals surface area (Å²) in [7, 11) is -3.76. The number of hydrogen-bond donors (Lipinski definition) is 1. The molecule has 0 radical (unpaired) electrons. The van der Waals surface area contributed by atoms with Crippen LogP contribution in [-0.4, -0.2) is 28.3 Å². The highest BCUT2D eigenvalue weighted by Gasteiger charge is 2.22. The van der Waals surface area contributed by atoms with Crippen LogP contribution in [0.2, 0.25) is 0 Å². The highest BCUT2D eigenvalue weighted by atomic mass is 32.2. The number of carbonyl (C=O) groups is 1. The van der Waals surface area contributed by atoms with E-state index in [0.717, 1.165) is 26.8 Å². The lowest BCUT2D eigenvalue weighted by molar-refractivity contribution is 0.0697. The van der Waals surface area contributed by atoms with Crippen molar-refractivity contribution in [1.82, 2.24) is 0 Å². The van der Waals surface area contributed by atoms with Crippen LogP contribution in [0, 0.1) is 0 Å². The van der Waals surface area contributed by atoms with Gasteiger partial charge in [0.2, 0.25) is 9.84 Å². The minimum atomic E-state index is -3.76. The monoisotopic (exact) mass is 526 g/mol. The number of sulfone groups is 1. The molecule has 7 nitrogen and oxygen atoms in total. The van der Waals surface area contributed by atoms with E-state index in [2.05, 4.69) is 0 Å². The Morgan fingerprint density at radius 2 is 1.49 bits per heavy atom. The van der Waals surface area contributed by atoms with Gasteiger partial charge >= 0.3 is 5.97 Å². The number of thiophene rings is 1. The number of anilines is 2. The summed E-state index contributed by atoms with van der Waals surface area (Å²) < 4.78 is 51.1. The van der Waals surface area contributed by atoms with Crippen LogP contribution >= 0.6 is 11.3 Å². The molecule has 2 unspecified atom stereocenters. The zero-order valence-corrected chi connectivity index (χ0v) is 20.8. The maximum atomic E-state index is 12.9. The van der Waals surface area contributed by atoms with Crippen LogP contribution in [0.1, 0.15) is 34.3 Å². The van der Waals surface area contributed by atoms with Gasteiger partial charge in [0.1, 0.15) is 9.21 Å². The second-order valence-electron chi connectivity index (χ2n) is 7.66. The summed E-state index contributed by atoms with van der Waals surface area (Å²) in [5.41, 5.74) is 2.39. The Morgan fingerprint density at radius 1 is 0.914 bits per heavy atom. The Balaban J connectivity index is 1.60. The molecule has 2 atom stereocenters. The second-order valence-corrected chi connectivity index (χ2v) is 11.7. The third kappa shape index (κ3) is 5.20. The largest absolute Gasteiger partial charge is 0.755 e. The first-order valence-electron chi connectivity index (χ1n) is 10.4. The minimum Gasteiger partial charge on any atom is -0.755 e. The quantitative estimate of drug-likeness (QED) is 0.309. The second kappa shape index (κ2) is 10.1. The third-order valence-corrected chi connectivity index (χ3v) is 9.67. The van der Waals surface area contributed by atoms with Crippen LogP contribution in [0.4, 0.5) is 10.7 Å². The van der Waals surface area contributed by atoms with Crippen molar-refractivity contribution in [2.75, 3.05) is 4.31 Å². The molecule has 1 N–H and O–H groups in total. The van der Waals surface area contributed by atoms with Crippen molar-refractivity contribution in [3.8, 4) is 0 Å².